The molecule has 0 aliphatic carbocycles. The predicted octanol–water partition coefficient (Wildman–Crippen LogP) is 5.39. The van der Waals surface area contributed by atoms with Gasteiger partial charge in [-0.1, -0.05) is 48.5 Å². The van der Waals surface area contributed by atoms with Gasteiger partial charge in [0, 0.05) is 0 Å². The number of carbonyl (C=O) groups is 3. The van der Waals surface area contributed by atoms with Crippen molar-refractivity contribution in [3.8, 4) is 5.75 Å². The highest BCUT2D eigenvalue weighted by atomic mass is 79.9. The molecule has 0 aromatic heterocycles. The fraction of sp³-hybridized carbons (Fsp3) is 0.125. The van der Waals surface area contributed by atoms with Crippen LogP contribution in [0.3, 0.4) is 0 Å². The van der Waals surface area contributed by atoms with E-state index in [2.05, 4.69) is 20.7 Å². The number of esters is 1. The summed E-state index contributed by atoms with van der Waals surface area (Å²) in [6.07, 6.45) is 1.67. The van der Waals surface area contributed by atoms with Gasteiger partial charge in [-0.25, -0.2) is 4.79 Å². The van der Waals surface area contributed by atoms with Crippen LogP contribution in [0.15, 0.2) is 70.0 Å². The van der Waals surface area contributed by atoms with E-state index in [9.17, 15) is 14.4 Å². The van der Waals surface area contributed by atoms with Gasteiger partial charge < -0.3 is 9.47 Å². The monoisotopic (exact) mass is 511 g/mol. The minimum absolute atomic E-state index is 0.207. The second-order valence-corrected chi connectivity index (χ2v) is 8.81. The zero-order valence-electron chi connectivity index (χ0n) is 17.0. The number of halogens is 1. The average molecular weight is 512 g/mol. The molecule has 3 aromatic carbocycles. The van der Waals surface area contributed by atoms with Crippen molar-refractivity contribution in [1.82, 2.24) is 4.90 Å². The molecule has 0 unspecified atom stereocenters. The first-order valence-corrected chi connectivity index (χ1v) is 11.3. The summed E-state index contributed by atoms with van der Waals surface area (Å²) >= 11 is 4.32. The zero-order valence-corrected chi connectivity index (χ0v) is 19.4. The number of fused-ring (bicyclic) bond motifs is 1. The zero-order chi connectivity index (χ0) is 22.7. The lowest BCUT2D eigenvalue weighted by Gasteiger charge is -2.14. The summed E-state index contributed by atoms with van der Waals surface area (Å²) in [6, 6.07) is 18.9. The lowest BCUT2D eigenvalue weighted by molar-refractivity contribution is -0.142. The van der Waals surface area contributed by atoms with Crippen LogP contribution in [-0.2, 0) is 20.9 Å². The molecule has 0 radical (unpaired) electrons. The van der Waals surface area contributed by atoms with Crippen molar-refractivity contribution in [1.29, 1.82) is 0 Å². The number of carbonyl (C=O) groups excluding carboxylic acids is 3. The van der Waals surface area contributed by atoms with Gasteiger partial charge in [-0.2, -0.15) is 0 Å². The van der Waals surface area contributed by atoms with E-state index in [4.69, 9.17) is 4.74 Å². The van der Waals surface area contributed by atoms with Crippen LogP contribution in [0.25, 0.3) is 16.8 Å². The van der Waals surface area contributed by atoms with Crippen molar-refractivity contribution in [2.45, 2.75) is 6.54 Å². The van der Waals surface area contributed by atoms with E-state index in [1.165, 1.54) is 12.0 Å². The van der Waals surface area contributed by atoms with Crippen LogP contribution in [0.2, 0.25) is 0 Å². The van der Waals surface area contributed by atoms with Gasteiger partial charge in [0.05, 0.1) is 23.0 Å². The molecule has 1 heterocycles. The Kier molecular flexibility index (Phi) is 6.62. The number of nitrogens with zero attached hydrogens (tertiary/aromatic N) is 1. The first kappa shape index (κ1) is 22.1. The molecule has 162 valence electrons. The SMILES string of the molecule is COC(=O)COc1ccc(/C=C2\SC(=O)N(Cc3cccc4ccccc34)C2=O)cc1Br. The third kappa shape index (κ3) is 4.71. The third-order valence-corrected chi connectivity index (χ3v) is 6.44. The van der Waals surface area contributed by atoms with Crippen molar-refractivity contribution in [2.75, 3.05) is 13.7 Å². The van der Waals surface area contributed by atoms with Crippen molar-refractivity contribution in [3.05, 3.63) is 81.2 Å². The molecule has 6 nitrogen and oxygen atoms in total. The highest BCUT2D eigenvalue weighted by Gasteiger charge is 2.35. The molecule has 4 rings (SSSR count). The second-order valence-electron chi connectivity index (χ2n) is 6.96. The van der Waals surface area contributed by atoms with Gasteiger partial charge in [0.15, 0.2) is 6.61 Å². The smallest absolute Gasteiger partial charge is 0.343 e. The molecule has 1 fully saturated rings. The van der Waals surface area contributed by atoms with Crippen LogP contribution in [0.5, 0.6) is 5.75 Å². The second kappa shape index (κ2) is 9.58. The third-order valence-electron chi connectivity index (χ3n) is 4.91. The van der Waals surface area contributed by atoms with Crippen molar-refractivity contribution in [3.63, 3.8) is 0 Å². The standard InChI is InChI=1S/C24H18BrNO5S/c1-30-22(27)14-31-20-10-9-15(11-19(20)25)12-21-23(28)26(24(29)32-21)13-17-7-4-6-16-5-2-3-8-18(16)17/h2-12H,13-14H2,1H3/b21-12-. The van der Waals surface area contributed by atoms with Crippen LogP contribution in [0.4, 0.5) is 4.79 Å². The number of hydrogen-bond donors (Lipinski definition) is 0. The van der Waals surface area contributed by atoms with Gasteiger partial charge >= 0.3 is 5.97 Å². The van der Waals surface area contributed by atoms with Gasteiger partial charge in [-0.05, 0) is 67.8 Å². The number of methoxy groups -OCH3 is 1. The van der Waals surface area contributed by atoms with Gasteiger partial charge in [-0.3, -0.25) is 14.5 Å². The maximum atomic E-state index is 13.0. The molecule has 1 saturated heterocycles. The number of imide groups is 1. The Morgan fingerprint density at radius 1 is 1.09 bits per heavy atom. The Morgan fingerprint density at radius 3 is 2.66 bits per heavy atom. The van der Waals surface area contributed by atoms with Crippen LogP contribution >= 0.6 is 27.7 Å². The maximum Gasteiger partial charge on any atom is 0.343 e. The quantitative estimate of drug-likeness (QED) is 0.326. The molecule has 8 heteroatoms. The molecule has 32 heavy (non-hydrogen) atoms. The van der Waals surface area contributed by atoms with Crippen molar-refractivity contribution >= 4 is 61.7 Å². The Hall–Kier alpha value is -3.10. The average Bonchev–Trinajstić information content (AvgIpc) is 3.05. The Bertz CT molecular complexity index is 1250. The van der Waals surface area contributed by atoms with E-state index in [0.29, 0.717) is 15.1 Å². The van der Waals surface area contributed by atoms with E-state index in [1.54, 1.807) is 24.3 Å². The Morgan fingerprint density at radius 2 is 1.88 bits per heavy atom. The topological polar surface area (TPSA) is 72.9 Å². The molecular weight excluding hydrogens is 494 g/mol. The van der Waals surface area contributed by atoms with Gasteiger partial charge in [0.25, 0.3) is 11.1 Å². The number of ether oxygens (including phenoxy) is 2. The van der Waals surface area contributed by atoms with E-state index in [-0.39, 0.29) is 24.3 Å². The molecule has 0 N–H and O–H groups in total. The lowest BCUT2D eigenvalue weighted by Crippen LogP contribution is -2.27. The fourth-order valence-electron chi connectivity index (χ4n) is 3.31. The van der Waals surface area contributed by atoms with Crippen LogP contribution in [-0.4, -0.2) is 35.7 Å². The van der Waals surface area contributed by atoms with Crippen LogP contribution in [0.1, 0.15) is 11.1 Å². The minimum atomic E-state index is -0.485. The molecule has 0 spiro atoms. The maximum absolute atomic E-state index is 13.0. The largest absolute Gasteiger partial charge is 0.481 e. The first-order chi connectivity index (χ1) is 15.5. The molecule has 1 aliphatic rings. The molecule has 0 atom stereocenters. The summed E-state index contributed by atoms with van der Waals surface area (Å²) in [5.74, 6) is -0.340. The van der Waals surface area contributed by atoms with E-state index < -0.39 is 5.97 Å². The first-order valence-electron chi connectivity index (χ1n) is 9.67. The summed E-state index contributed by atoms with van der Waals surface area (Å²) in [5.41, 5.74) is 1.64. The predicted molar refractivity (Wildman–Crippen MR) is 127 cm³/mol. The van der Waals surface area contributed by atoms with Crippen LogP contribution in [0, 0.1) is 0 Å². The summed E-state index contributed by atoms with van der Waals surface area (Å²) in [5, 5.41) is 1.78. The van der Waals surface area contributed by atoms with E-state index >= 15 is 0 Å². The summed E-state index contributed by atoms with van der Waals surface area (Å²) in [7, 11) is 1.29. The Balaban J connectivity index is 1.52. The highest BCUT2D eigenvalue weighted by molar-refractivity contribution is 9.10. The Labute approximate surface area is 197 Å². The fourth-order valence-corrected chi connectivity index (χ4v) is 4.66. The van der Waals surface area contributed by atoms with Gasteiger partial charge in [0.1, 0.15) is 5.75 Å². The summed E-state index contributed by atoms with van der Waals surface area (Å²) in [4.78, 5) is 38.4. The van der Waals surface area contributed by atoms with Gasteiger partial charge in [-0.15, -0.1) is 0 Å². The van der Waals surface area contributed by atoms with Crippen LogP contribution < -0.4 is 4.74 Å². The number of hydrogen-bond acceptors (Lipinski definition) is 6. The number of amides is 2. The van der Waals surface area contributed by atoms with E-state index in [0.717, 1.165) is 33.7 Å². The number of rotatable bonds is 6. The van der Waals surface area contributed by atoms with E-state index in [1.807, 2.05) is 42.5 Å². The molecule has 1 aliphatic heterocycles. The lowest BCUT2D eigenvalue weighted by atomic mass is 10.0. The molecule has 2 amide bonds. The minimum Gasteiger partial charge on any atom is -0.481 e. The summed E-state index contributed by atoms with van der Waals surface area (Å²) < 4.78 is 10.6. The normalized spacial score (nSPS) is 14.9. The van der Waals surface area contributed by atoms with Gasteiger partial charge in [0.2, 0.25) is 0 Å². The molecular formula is C24H18BrNO5S. The summed E-state index contributed by atoms with van der Waals surface area (Å²) in [6.45, 7) is 0.00879. The molecule has 3 aromatic rings. The molecule has 0 bridgehead atoms. The molecule has 0 saturated carbocycles. The number of benzene rings is 3. The van der Waals surface area contributed by atoms with Crippen molar-refractivity contribution < 1.29 is 23.9 Å². The van der Waals surface area contributed by atoms with Crippen molar-refractivity contribution in [2.24, 2.45) is 0 Å². The number of thioether (sulfide) groups is 1. The highest BCUT2D eigenvalue weighted by Crippen LogP contribution is 2.35.